The van der Waals surface area contributed by atoms with Gasteiger partial charge in [-0.1, -0.05) is 0 Å². The van der Waals surface area contributed by atoms with E-state index in [1.165, 1.54) is 18.4 Å². The lowest BCUT2D eigenvalue weighted by atomic mass is 10.1. The molecule has 1 aliphatic heterocycles. The molecule has 0 radical (unpaired) electrons. The molecule has 2 rings (SSSR count). The average Bonchev–Trinajstić information content (AvgIpc) is 2.62. The van der Waals surface area contributed by atoms with E-state index in [0.717, 1.165) is 32.5 Å². The van der Waals surface area contributed by atoms with Crippen LogP contribution in [0.4, 0.5) is 4.79 Å². The lowest BCUT2D eigenvalue weighted by Gasteiger charge is -2.32. The van der Waals surface area contributed by atoms with E-state index in [2.05, 4.69) is 10.2 Å². The molecule has 0 spiro atoms. The second kappa shape index (κ2) is 9.77. The molecule has 1 amide bonds. The van der Waals surface area contributed by atoms with Gasteiger partial charge in [0.15, 0.2) is 0 Å². The van der Waals surface area contributed by atoms with E-state index in [0.29, 0.717) is 12.4 Å². The Morgan fingerprint density at radius 3 is 2.28 bits per heavy atom. The summed E-state index contributed by atoms with van der Waals surface area (Å²) in [7, 11) is -0.413. The number of carbonyl (C=O) groups excluding carboxylic acids is 1. The molecule has 0 aromatic heterocycles. The molecule has 0 atom stereocenters. The van der Waals surface area contributed by atoms with Crippen LogP contribution in [0.5, 0.6) is 5.75 Å². The summed E-state index contributed by atoms with van der Waals surface area (Å²) < 4.78 is 36.4. The van der Waals surface area contributed by atoms with Crippen LogP contribution in [-0.2, 0) is 14.8 Å². The molecule has 8 nitrogen and oxygen atoms in total. The van der Waals surface area contributed by atoms with Crippen LogP contribution in [-0.4, -0.2) is 75.7 Å². The maximum atomic E-state index is 12.1. The number of sulfonamides is 1. The van der Waals surface area contributed by atoms with Crippen LogP contribution in [0.15, 0.2) is 29.2 Å². The number of amides is 1. The number of hydrogen-bond donors (Lipinski definition) is 1. The molecule has 0 bridgehead atoms. The lowest BCUT2D eigenvalue weighted by Crippen LogP contribution is -2.46. The summed E-state index contributed by atoms with van der Waals surface area (Å²) in [4.78, 5) is 14.4. The fourth-order valence-corrected chi connectivity index (χ4v) is 3.89. The third kappa shape index (κ3) is 7.49. The Balaban J connectivity index is 1.70. The summed E-state index contributed by atoms with van der Waals surface area (Å²) in [6, 6.07) is 6.59. The number of nitrogens with one attached hydrogen (secondary N) is 1. The molecular formula is C20H33N3O5S. The maximum Gasteiger partial charge on any atom is 0.407 e. The van der Waals surface area contributed by atoms with Crippen molar-refractivity contribution in [2.45, 2.75) is 50.2 Å². The molecule has 1 aliphatic rings. The first kappa shape index (κ1) is 23.4. The highest BCUT2D eigenvalue weighted by Gasteiger charge is 2.23. The molecule has 1 N–H and O–H groups in total. The van der Waals surface area contributed by atoms with Crippen molar-refractivity contribution < 1.29 is 22.7 Å². The third-order valence-electron chi connectivity index (χ3n) is 4.59. The molecular weight excluding hydrogens is 394 g/mol. The molecule has 0 aliphatic carbocycles. The van der Waals surface area contributed by atoms with Gasteiger partial charge in [-0.3, -0.25) is 4.90 Å². The van der Waals surface area contributed by atoms with E-state index in [4.69, 9.17) is 9.47 Å². The third-order valence-corrected chi connectivity index (χ3v) is 6.42. The fraction of sp³-hybridized carbons (Fsp3) is 0.650. The molecule has 1 aromatic carbocycles. The van der Waals surface area contributed by atoms with Gasteiger partial charge in [-0.15, -0.1) is 0 Å². The Labute approximate surface area is 174 Å². The molecule has 1 aromatic rings. The van der Waals surface area contributed by atoms with Crippen molar-refractivity contribution in [1.82, 2.24) is 14.5 Å². The van der Waals surface area contributed by atoms with Gasteiger partial charge >= 0.3 is 6.09 Å². The van der Waals surface area contributed by atoms with Gasteiger partial charge in [0.25, 0.3) is 0 Å². The number of carbonyl (C=O) groups is 1. The van der Waals surface area contributed by atoms with Crippen molar-refractivity contribution >= 4 is 16.1 Å². The Kier molecular flexibility index (Phi) is 7.90. The standard InChI is InChI=1S/C20H33N3O5S/c1-20(2,3)28-19(24)21-16-10-12-23(13-11-16)14-15-27-17-6-8-18(9-7-17)29(25,26)22(4)5/h6-9,16H,10-15H2,1-5H3,(H,21,24). The number of ether oxygens (including phenoxy) is 2. The van der Waals surface area contributed by atoms with Crippen LogP contribution in [0.3, 0.4) is 0 Å². The van der Waals surface area contributed by atoms with Gasteiger partial charge in [-0.05, 0) is 57.9 Å². The Morgan fingerprint density at radius 2 is 1.76 bits per heavy atom. The number of piperidine rings is 1. The van der Waals surface area contributed by atoms with Gasteiger partial charge in [0.2, 0.25) is 10.0 Å². The number of likely N-dealkylation sites (tertiary alicyclic amines) is 1. The van der Waals surface area contributed by atoms with Gasteiger partial charge < -0.3 is 14.8 Å². The minimum atomic E-state index is -3.42. The van der Waals surface area contributed by atoms with Crippen molar-refractivity contribution in [3.63, 3.8) is 0 Å². The van der Waals surface area contributed by atoms with Crippen LogP contribution >= 0.6 is 0 Å². The Bertz CT molecular complexity index is 764. The summed E-state index contributed by atoms with van der Waals surface area (Å²) in [5.74, 6) is 0.643. The predicted molar refractivity (Wildman–Crippen MR) is 112 cm³/mol. The Morgan fingerprint density at radius 1 is 1.17 bits per heavy atom. The zero-order valence-corrected chi connectivity index (χ0v) is 18.8. The zero-order valence-electron chi connectivity index (χ0n) is 18.0. The predicted octanol–water partition coefficient (Wildman–Crippen LogP) is 2.30. The highest BCUT2D eigenvalue weighted by molar-refractivity contribution is 7.89. The number of benzene rings is 1. The second-order valence-corrected chi connectivity index (χ2v) is 10.5. The van der Waals surface area contributed by atoms with Crippen LogP contribution < -0.4 is 10.1 Å². The van der Waals surface area contributed by atoms with E-state index in [-0.39, 0.29) is 17.0 Å². The average molecular weight is 428 g/mol. The fourth-order valence-electron chi connectivity index (χ4n) is 2.99. The van der Waals surface area contributed by atoms with Gasteiger partial charge in [-0.2, -0.15) is 0 Å². The van der Waals surface area contributed by atoms with E-state index in [9.17, 15) is 13.2 Å². The smallest absolute Gasteiger partial charge is 0.407 e. The molecule has 9 heteroatoms. The summed E-state index contributed by atoms with van der Waals surface area (Å²) >= 11 is 0. The summed E-state index contributed by atoms with van der Waals surface area (Å²) in [5.41, 5.74) is -0.489. The largest absolute Gasteiger partial charge is 0.492 e. The van der Waals surface area contributed by atoms with Crippen molar-refractivity contribution in [2.24, 2.45) is 0 Å². The monoisotopic (exact) mass is 427 g/mol. The number of rotatable bonds is 7. The minimum Gasteiger partial charge on any atom is -0.492 e. The van der Waals surface area contributed by atoms with Crippen LogP contribution in [0.25, 0.3) is 0 Å². The zero-order chi connectivity index (χ0) is 21.7. The second-order valence-electron chi connectivity index (χ2n) is 8.37. The first-order chi connectivity index (χ1) is 13.5. The molecule has 0 saturated carbocycles. The van der Waals surface area contributed by atoms with Crippen molar-refractivity contribution in [1.29, 1.82) is 0 Å². The van der Waals surface area contributed by atoms with E-state index in [1.807, 2.05) is 20.8 Å². The van der Waals surface area contributed by atoms with Crippen molar-refractivity contribution in [3.05, 3.63) is 24.3 Å². The van der Waals surface area contributed by atoms with E-state index in [1.54, 1.807) is 24.3 Å². The summed E-state index contributed by atoms with van der Waals surface area (Å²) in [6.07, 6.45) is 1.38. The summed E-state index contributed by atoms with van der Waals surface area (Å²) in [5, 5.41) is 2.93. The SMILES string of the molecule is CN(C)S(=O)(=O)c1ccc(OCCN2CCC(NC(=O)OC(C)(C)C)CC2)cc1. The van der Waals surface area contributed by atoms with Crippen molar-refractivity contribution in [2.75, 3.05) is 40.3 Å². The van der Waals surface area contributed by atoms with Gasteiger partial charge in [0, 0.05) is 39.8 Å². The number of nitrogens with zero attached hydrogens (tertiary/aromatic N) is 2. The van der Waals surface area contributed by atoms with E-state index < -0.39 is 15.6 Å². The van der Waals surface area contributed by atoms with E-state index >= 15 is 0 Å². The number of alkyl carbamates (subject to hydrolysis) is 1. The highest BCUT2D eigenvalue weighted by Crippen LogP contribution is 2.18. The lowest BCUT2D eigenvalue weighted by molar-refractivity contribution is 0.0476. The molecule has 0 unspecified atom stereocenters. The normalized spacial score (nSPS) is 16.6. The van der Waals surface area contributed by atoms with Gasteiger partial charge in [-0.25, -0.2) is 17.5 Å². The quantitative estimate of drug-likeness (QED) is 0.718. The molecule has 1 heterocycles. The summed E-state index contributed by atoms with van der Waals surface area (Å²) in [6.45, 7) is 8.60. The number of hydrogen-bond acceptors (Lipinski definition) is 6. The first-order valence-electron chi connectivity index (χ1n) is 9.84. The highest BCUT2D eigenvalue weighted by atomic mass is 32.2. The molecule has 1 fully saturated rings. The van der Waals surface area contributed by atoms with Crippen LogP contribution in [0, 0.1) is 0 Å². The Hall–Kier alpha value is -1.84. The molecule has 164 valence electrons. The minimum absolute atomic E-state index is 0.133. The van der Waals surface area contributed by atoms with Crippen LogP contribution in [0.1, 0.15) is 33.6 Å². The topological polar surface area (TPSA) is 88.2 Å². The molecule has 1 saturated heterocycles. The van der Waals surface area contributed by atoms with Gasteiger partial charge in [0.05, 0.1) is 4.90 Å². The van der Waals surface area contributed by atoms with Crippen molar-refractivity contribution in [3.8, 4) is 5.75 Å². The molecule has 29 heavy (non-hydrogen) atoms. The van der Waals surface area contributed by atoms with Gasteiger partial charge in [0.1, 0.15) is 18.0 Å². The maximum absolute atomic E-state index is 12.1. The first-order valence-corrected chi connectivity index (χ1v) is 11.3. The van der Waals surface area contributed by atoms with Crippen LogP contribution in [0.2, 0.25) is 0 Å².